The van der Waals surface area contributed by atoms with Crippen molar-refractivity contribution in [2.45, 2.75) is 0 Å². The number of thiocarbonyl (C=S) groups is 2. The molecular weight excluding hydrogens is 403 g/mol. The highest BCUT2D eigenvalue weighted by Crippen LogP contribution is 2.10. The topological polar surface area (TPSA) is 47.6 Å². The zero-order chi connectivity index (χ0) is 19.8. The fraction of sp³-hybridized carbons (Fsp3) is 0.167. The molecule has 0 spiro atoms. The molecule has 0 aromatic heterocycles. The monoisotopic (exact) mass is 422 g/mol. The van der Waals surface area contributed by atoms with E-state index in [-0.39, 0.29) is 11.7 Å². The van der Waals surface area contributed by atoms with Crippen LogP contribution in [0.5, 0.6) is 0 Å². The second-order valence-electron chi connectivity index (χ2n) is 5.49. The summed E-state index contributed by atoms with van der Waals surface area (Å²) in [5, 5.41) is 2.99. The van der Waals surface area contributed by atoms with Crippen molar-refractivity contribution in [3.8, 4) is 0 Å². The van der Waals surface area contributed by atoms with Crippen LogP contribution in [-0.2, 0) is 4.79 Å². The first-order chi connectivity index (χ1) is 12.9. The largest absolute Gasteiger partial charge is 0.291 e. The maximum Gasteiger partial charge on any atom is 0.249 e. The molecule has 0 aliphatic heterocycles. The summed E-state index contributed by atoms with van der Waals surface area (Å²) in [6.07, 6.45) is 0. The number of nitrogens with one attached hydrogen (secondary N) is 2. The van der Waals surface area contributed by atoms with E-state index < -0.39 is 5.82 Å². The van der Waals surface area contributed by atoms with Gasteiger partial charge in [0.15, 0.2) is 0 Å². The molecule has 2 N–H and O–H groups in total. The number of hydrogen-bond donors (Lipinski definition) is 2. The number of carbonyl (C=O) groups excluding carboxylic acids is 1. The molecule has 2 aromatic carbocycles. The summed E-state index contributed by atoms with van der Waals surface area (Å²) in [6, 6.07) is 15.7. The lowest BCUT2D eigenvalue weighted by atomic mass is 10.2. The van der Waals surface area contributed by atoms with Gasteiger partial charge in [-0.05, 0) is 12.1 Å². The third-order valence-corrected chi connectivity index (χ3v) is 5.24. The number of halogens is 1. The van der Waals surface area contributed by atoms with Crippen LogP contribution in [0, 0.1) is 5.82 Å². The van der Waals surface area contributed by atoms with Gasteiger partial charge in [0.2, 0.25) is 5.91 Å². The Hall–Kier alpha value is -2.07. The van der Waals surface area contributed by atoms with Crippen LogP contribution in [0.2, 0.25) is 0 Å². The molecule has 9 heteroatoms. The Kier molecular flexibility index (Phi) is 8.11. The normalized spacial score (nSPS) is 10.2. The zero-order valence-electron chi connectivity index (χ0n) is 14.8. The lowest BCUT2D eigenvalue weighted by Crippen LogP contribution is -2.44. The van der Waals surface area contributed by atoms with Crippen molar-refractivity contribution in [3.05, 3.63) is 71.5 Å². The van der Waals surface area contributed by atoms with E-state index in [1.165, 1.54) is 16.1 Å². The molecule has 0 unspecified atom stereocenters. The Labute approximate surface area is 173 Å². The van der Waals surface area contributed by atoms with Gasteiger partial charge in [0, 0.05) is 25.2 Å². The van der Waals surface area contributed by atoms with E-state index in [9.17, 15) is 9.18 Å². The third-order valence-electron chi connectivity index (χ3n) is 3.43. The Morgan fingerprint density at radius 3 is 2.30 bits per heavy atom. The molecule has 1 amide bonds. The zero-order valence-corrected chi connectivity index (χ0v) is 17.3. The lowest BCUT2D eigenvalue weighted by Gasteiger charge is -2.22. The van der Waals surface area contributed by atoms with E-state index >= 15 is 0 Å². The number of carbonyl (C=O) groups is 1. The highest BCUT2D eigenvalue weighted by Gasteiger charge is 2.13. The Balaban J connectivity index is 1.78. The van der Waals surface area contributed by atoms with Gasteiger partial charge in [-0.15, -0.1) is 0 Å². The molecular formula is C18H19FN4OS3. The minimum Gasteiger partial charge on any atom is -0.291 e. The summed E-state index contributed by atoms with van der Waals surface area (Å²) in [7, 11) is 3.35. The minimum atomic E-state index is -0.394. The van der Waals surface area contributed by atoms with Gasteiger partial charge in [0.1, 0.15) is 15.8 Å². The number of benzene rings is 2. The minimum absolute atomic E-state index is 0.117. The van der Waals surface area contributed by atoms with Crippen LogP contribution in [0.3, 0.4) is 0 Å². The van der Waals surface area contributed by atoms with Gasteiger partial charge < -0.3 is 0 Å². The van der Waals surface area contributed by atoms with E-state index in [1.807, 2.05) is 30.3 Å². The molecule has 5 nitrogen and oxygen atoms in total. The lowest BCUT2D eigenvalue weighted by molar-refractivity contribution is -0.121. The second-order valence-corrected chi connectivity index (χ2v) is 7.02. The number of hydrazine groups is 2. The maximum atomic E-state index is 13.8. The predicted octanol–water partition coefficient (Wildman–Crippen LogP) is 2.92. The number of amides is 1. The fourth-order valence-electron chi connectivity index (χ4n) is 2.10. The van der Waals surface area contributed by atoms with E-state index in [0.717, 1.165) is 17.5 Å². The standard InChI is InChI=1S/C18H19FN4OS3/c1-22(17(25)13-8-4-3-5-9-13)20-16(24)12-27-21-23(2)18(26)14-10-6-7-11-15(14)19/h3-11,21H,12H2,1-2H3,(H,20,24). The van der Waals surface area contributed by atoms with E-state index in [0.29, 0.717) is 15.5 Å². The predicted molar refractivity (Wildman–Crippen MR) is 116 cm³/mol. The van der Waals surface area contributed by atoms with Crippen LogP contribution in [0.1, 0.15) is 11.1 Å². The molecule has 142 valence electrons. The molecule has 0 atom stereocenters. The number of rotatable bonds is 6. The molecule has 0 aliphatic carbocycles. The highest BCUT2D eigenvalue weighted by atomic mass is 32.2. The van der Waals surface area contributed by atoms with Gasteiger partial charge in [-0.2, -0.15) is 4.83 Å². The number of hydrogen-bond acceptors (Lipinski definition) is 5. The summed E-state index contributed by atoms with van der Waals surface area (Å²) in [5.41, 5.74) is 3.87. The third kappa shape index (κ3) is 6.24. The van der Waals surface area contributed by atoms with Crippen molar-refractivity contribution in [2.75, 3.05) is 19.8 Å². The van der Waals surface area contributed by atoms with Crippen molar-refractivity contribution < 1.29 is 9.18 Å². The summed E-state index contributed by atoms with van der Waals surface area (Å²) in [4.78, 5) is 15.8. The van der Waals surface area contributed by atoms with Gasteiger partial charge in [0.05, 0.1) is 5.75 Å². The second kappa shape index (κ2) is 10.3. The van der Waals surface area contributed by atoms with Crippen molar-refractivity contribution in [1.82, 2.24) is 20.3 Å². The van der Waals surface area contributed by atoms with Crippen molar-refractivity contribution in [2.24, 2.45) is 0 Å². The van der Waals surface area contributed by atoms with Crippen LogP contribution >= 0.6 is 36.4 Å². The van der Waals surface area contributed by atoms with Gasteiger partial charge in [-0.1, -0.05) is 78.8 Å². The molecule has 0 saturated carbocycles. The molecule has 0 radical (unpaired) electrons. The van der Waals surface area contributed by atoms with Gasteiger partial charge in [-0.3, -0.25) is 20.2 Å². The first kappa shape index (κ1) is 21.2. The molecule has 0 saturated heterocycles. The number of nitrogens with zero attached hydrogens (tertiary/aromatic N) is 2. The summed E-state index contributed by atoms with van der Waals surface area (Å²) < 4.78 is 13.8. The van der Waals surface area contributed by atoms with E-state index in [4.69, 9.17) is 24.4 Å². The molecule has 27 heavy (non-hydrogen) atoms. The maximum absolute atomic E-state index is 13.8. The fourth-order valence-corrected chi connectivity index (χ4v) is 3.09. The van der Waals surface area contributed by atoms with Crippen LogP contribution in [-0.4, -0.2) is 45.8 Å². The Bertz CT molecular complexity index is 819. The SMILES string of the molecule is CN(NC(=O)CSNN(C)C(=S)c1ccccc1F)C(=S)c1ccccc1. The molecule has 0 heterocycles. The molecule has 0 bridgehead atoms. The summed E-state index contributed by atoms with van der Waals surface area (Å²) >= 11 is 11.7. The first-order valence-corrected chi connectivity index (χ1v) is 9.73. The highest BCUT2D eigenvalue weighted by molar-refractivity contribution is 7.98. The van der Waals surface area contributed by atoms with Crippen molar-refractivity contribution in [1.29, 1.82) is 0 Å². The van der Waals surface area contributed by atoms with Gasteiger partial charge >= 0.3 is 0 Å². The average molecular weight is 423 g/mol. The van der Waals surface area contributed by atoms with Gasteiger partial charge in [0.25, 0.3) is 0 Å². The van der Waals surface area contributed by atoms with Crippen LogP contribution < -0.4 is 10.3 Å². The quantitative estimate of drug-likeness (QED) is 0.422. The molecule has 0 aliphatic rings. The Morgan fingerprint density at radius 1 is 1.00 bits per heavy atom. The van der Waals surface area contributed by atoms with Gasteiger partial charge in [-0.25, -0.2) is 4.39 Å². The van der Waals surface area contributed by atoms with Crippen LogP contribution in [0.15, 0.2) is 54.6 Å². The molecule has 0 fully saturated rings. The summed E-state index contributed by atoms with van der Waals surface area (Å²) in [5.74, 6) is -0.514. The summed E-state index contributed by atoms with van der Waals surface area (Å²) in [6.45, 7) is 0. The molecule has 2 aromatic rings. The molecule has 2 rings (SSSR count). The van der Waals surface area contributed by atoms with E-state index in [1.54, 1.807) is 32.3 Å². The van der Waals surface area contributed by atoms with Crippen LogP contribution in [0.25, 0.3) is 0 Å². The van der Waals surface area contributed by atoms with Crippen molar-refractivity contribution >= 4 is 52.3 Å². The van der Waals surface area contributed by atoms with Crippen LogP contribution in [0.4, 0.5) is 4.39 Å². The smallest absolute Gasteiger partial charge is 0.249 e. The Morgan fingerprint density at radius 2 is 1.63 bits per heavy atom. The average Bonchev–Trinajstić information content (AvgIpc) is 2.67. The van der Waals surface area contributed by atoms with Crippen molar-refractivity contribution in [3.63, 3.8) is 0 Å². The first-order valence-electron chi connectivity index (χ1n) is 7.92. The van der Waals surface area contributed by atoms with E-state index in [2.05, 4.69) is 10.3 Å².